The van der Waals surface area contributed by atoms with Gasteiger partial charge in [0.25, 0.3) is 0 Å². The van der Waals surface area contributed by atoms with Gasteiger partial charge in [-0.1, -0.05) is 84.9 Å². The van der Waals surface area contributed by atoms with Crippen molar-refractivity contribution >= 4 is 327 Å². The molecule has 0 spiro atoms. The summed E-state index contributed by atoms with van der Waals surface area (Å²) in [5, 5.41) is 4.96. The Hall–Kier alpha value is 3.00. The molecule has 0 atom stereocenters. The van der Waals surface area contributed by atoms with Gasteiger partial charge in [-0.2, -0.15) is 0 Å². The SMILES string of the molecule is Nc1ccccc1-c1ccc(-n2c3ccccc3c3ccccc32)c2ccccc12.S=S=S=S=S=S=S=S=S=S=S=S=S=S=S=S=S=S=S=S=S=S=S=S=S=S=S=S=S=S=S=S. The third kappa shape index (κ3) is 20.4. The number of hydrogen-bond donors (Lipinski definition) is 1. The lowest BCUT2D eigenvalue weighted by Gasteiger charge is -2.15. The van der Waals surface area contributed by atoms with Gasteiger partial charge in [-0.05, 0) is 35.2 Å². The summed E-state index contributed by atoms with van der Waals surface area (Å²) in [5.74, 6) is 0. The average molecular weight is 1410 g/mol. The fourth-order valence-electron chi connectivity index (χ4n) is 4.95. The van der Waals surface area contributed by atoms with Gasteiger partial charge in [0.2, 0.25) is 0 Å². The number of nitrogens with zero attached hydrogens (tertiary/aromatic N) is 1. The van der Waals surface area contributed by atoms with Crippen LogP contribution in [0.1, 0.15) is 0 Å². The molecule has 0 saturated heterocycles. The molecule has 334 valence electrons. The van der Waals surface area contributed by atoms with Crippen LogP contribution < -0.4 is 5.73 Å². The number of aromatic nitrogens is 1. The minimum Gasteiger partial charge on any atom is -0.398 e. The van der Waals surface area contributed by atoms with Crippen molar-refractivity contribution in [3.8, 4) is 16.8 Å². The van der Waals surface area contributed by atoms with Crippen molar-refractivity contribution in [3.63, 3.8) is 0 Å². The standard InChI is InChI=1S/C28H20N2.S32/c29-25-14-6-3-10-21(25)20-17-18-28(22-11-2-1-9-19(20)22)30-26-15-7-4-12-23(26)24-13-5-8-16-27(24)30;1-3-5-7-9-11-13-15-17-19-21-23-25-27-29-31-32-30-28-26-24-22-20-18-16-14-12-10-8-6-4-2/h1-18H,29H2;. The van der Waals surface area contributed by atoms with E-state index in [9.17, 15) is 0 Å². The molecule has 2 nitrogen and oxygen atoms in total. The third-order valence-corrected chi connectivity index (χ3v) is 71.2. The monoisotopic (exact) mass is 1410 g/mol. The molecular weight excluding hydrogens is 1390 g/mol. The molecule has 0 aliphatic carbocycles. The van der Waals surface area contributed by atoms with E-state index in [-0.39, 0.29) is 0 Å². The summed E-state index contributed by atoms with van der Waals surface area (Å²) in [6.07, 6.45) is 0. The molecule has 1 heterocycles. The van der Waals surface area contributed by atoms with E-state index < -0.39 is 0 Å². The Kier molecular flexibility index (Phi) is 32.5. The van der Waals surface area contributed by atoms with Gasteiger partial charge in [0, 0.05) is 316 Å². The van der Waals surface area contributed by atoms with Crippen molar-refractivity contribution in [1.29, 1.82) is 0 Å². The Labute approximate surface area is 453 Å². The summed E-state index contributed by atoms with van der Waals surface area (Å²) in [5.41, 5.74) is 13.0. The highest BCUT2D eigenvalue weighted by Crippen LogP contribution is 2.38. The molecule has 0 aliphatic rings. The predicted molar refractivity (Wildman–Crippen MR) is 364 cm³/mol. The van der Waals surface area contributed by atoms with Gasteiger partial charge in [-0.25, -0.2) is 0 Å². The second-order valence-electron chi connectivity index (χ2n) is 9.68. The van der Waals surface area contributed by atoms with E-state index in [1.54, 1.807) is 107 Å². The van der Waals surface area contributed by atoms with Gasteiger partial charge in [0.15, 0.2) is 0 Å². The van der Waals surface area contributed by atoms with Crippen LogP contribution in [-0.2, 0) is 289 Å². The van der Waals surface area contributed by atoms with Crippen LogP contribution in [0.4, 0.5) is 5.69 Å². The molecule has 0 amide bonds. The number of benzene rings is 5. The maximum atomic E-state index is 6.32. The van der Waals surface area contributed by atoms with Gasteiger partial charge < -0.3 is 10.3 Å². The Morgan fingerprint density at radius 2 is 0.597 bits per heavy atom. The molecule has 1 aromatic heterocycles. The second kappa shape index (κ2) is 36.0. The zero-order chi connectivity index (χ0) is 43.3. The van der Waals surface area contributed by atoms with E-state index in [4.69, 9.17) is 28.1 Å². The first-order valence-electron chi connectivity index (χ1n) is 15.3. The van der Waals surface area contributed by atoms with E-state index in [0.29, 0.717) is 0 Å². The molecule has 6 aromatic rings. The highest BCUT2D eigenvalue weighted by Gasteiger charge is 2.15. The molecule has 0 radical (unpaired) electrons. The number of fused-ring (bicyclic) bond motifs is 4. The van der Waals surface area contributed by atoms with E-state index in [1.807, 2.05) is 160 Å². The van der Waals surface area contributed by atoms with Crippen LogP contribution in [0.2, 0.25) is 0 Å². The van der Waals surface area contributed by atoms with Gasteiger partial charge in [-0.15, -0.1) is 0 Å². The Morgan fingerprint density at radius 1 is 0.290 bits per heavy atom. The third-order valence-electron chi connectivity index (χ3n) is 6.78. The van der Waals surface area contributed by atoms with Crippen molar-refractivity contribution in [2.24, 2.45) is 0 Å². The molecule has 0 bridgehead atoms. The maximum Gasteiger partial charge on any atom is 0.0541 e. The van der Waals surface area contributed by atoms with Crippen molar-refractivity contribution < 1.29 is 0 Å². The van der Waals surface area contributed by atoms with Gasteiger partial charge in [0.1, 0.15) is 0 Å². The summed E-state index contributed by atoms with van der Waals surface area (Å²) in [6, 6.07) is 38.4. The minimum absolute atomic E-state index is 0.798. The molecule has 2 N–H and O–H groups in total. The topological polar surface area (TPSA) is 30.9 Å². The first-order chi connectivity index (χ1) is 30.7. The van der Waals surface area contributed by atoms with Crippen molar-refractivity contribution in [1.82, 2.24) is 4.57 Å². The first kappa shape index (κ1) is 55.9. The minimum atomic E-state index is 0.798. The van der Waals surface area contributed by atoms with Crippen LogP contribution in [0.25, 0.3) is 49.4 Å². The summed E-state index contributed by atoms with van der Waals surface area (Å²) in [7, 11) is 52.8. The van der Waals surface area contributed by atoms with Crippen LogP contribution in [0.15, 0.2) is 109 Å². The molecule has 5 aromatic carbocycles. The lowest BCUT2D eigenvalue weighted by molar-refractivity contribution is 1.20. The Morgan fingerprint density at radius 3 is 0.968 bits per heavy atom. The van der Waals surface area contributed by atoms with Crippen LogP contribution >= 0.6 is 0 Å². The summed E-state index contributed by atoms with van der Waals surface area (Å²) in [6.45, 7) is 0. The number of anilines is 1. The molecule has 0 saturated carbocycles. The lowest BCUT2D eigenvalue weighted by atomic mass is 9.96. The van der Waals surface area contributed by atoms with Crippen molar-refractivity contribution in [3.05, 3.63) is 109 Å². The fourth-order valence-corrected chi connectivity index (χ4v) is 81.8. The molecule has 34 heteroatoms. The van der Waals surface area contributed by atoms with Crippen LogP contribution in [0, 0.1) is 0 Å². The van der Waals surface area contributed by atoms with Crippen LogP contribution in [-0.4, -0.2) is 4.57 Å². The van der Waals surface area contributed by atoms with Gasteiger partial charge in [-0.3, -0.25) is 0 Å². The van der Waals surface area contributed by atoms with Crippen LogP contribution in [0.3, 0.4) is 0 Å². The predicted octanol–water partition coefficient (Wildman–Crippen LogP) is 7.11. The highest BCUT2D eigenvalue weighted by molar-refractivity contribution is 8.80. The number of para-hydroxylation sites is 3. The molecular formula is C28H20N2S32. The second-order valence-corrected chi connectivity index (χ2v) is 62.7. The molecule has 6 rings (SSSR count). The zero-order valence-electron chi connectivity index (χ0n) is 29.5. The zero-order valence-corrected chi connectivity index (χ0v) is 55.6. The summed E-state index contributed by atoms with van der Waals surface area (Å²) in [4.78, 5) is 0. The van der Waals surface area contributed by atoms with Crippen molar-refractivity contribution in [2.75, 3.05) is 5.73 Å². The first-order valence-corrected chi connectivity index (χ1v) is 56.7. The maximum absolute atomic E-state index is 6.32. The largest absolute Gasteiger partial charge is 0.398 e. The normalized spacial score (nSPS) is 9.48. The molecule has 62 heavy (non-hydrogen) atoms. The Bertz CT molecular complexity index is 3900. The lowest BCUT2D eigenvalue weighted by Crippen LogP contribution is -1.97. The summed E-state index contributed by atoms with van der Waals surface area (Å²) < 4.78 is 2.38. The summed E-state index contributed by atoms with van der Waals surface area (Å²) >= 11 is 9.58. The van der Waals surface area contributed by atoms with E-state index in [2.05, 4.69) is 95.6 Å². The highest BCUT2D eigenvalue weighted by atomic mass is 33.5. The van der Waals surface area contributed by atoms with Gasteiger partial charge >= 0.3 is 0 Å². The smallest absolute Gasteiger partial charge is 0.0541 e. The molecule has 0 aliphatic heterocycles. The van der Waals surface area contributed by atoms with Crippen molar-refractivity contribution in [2.45, 2.75) is 0 Å². The van der Waals surface area contributed by atoms with E-state index in [1.165, 1.54) is 56.0 Å². The number of nitrogens with two attached hydrogens (primary N) is 1. The van der Waals surface area contributed by atoms with Crippen LogP contribution in [0.5, 0.6) is 0 Å². The number of hydrogen-bond acceptors (Lipinski definition) is 3. The van der Waals surface area contributed by atoms with E-state index in [0.717, 1.165) is 16.8 Å². The number of rotatable bonds is 2. The van der Waals surface area contributed by atoms with E-state index >= 15 is 0 Å². The fraction of sp³-hybridized carbons (Fsp3) is 0. The Balaban J connectivity index is 0.000000234. The average Bonchev–Trinajstić information content (AvgIpc) is 3.64. The van der Waals surface area contributed by atoms with Gasteiger partial charge in [0.05, 0.1) is 16.7 Å². The number of nitrogen functional groups attached to an aromatic ring is 1. The quantitative estimate of drug-likeness (QED) is 0.188. The molecule has 0 fully saturated rings. The molecule has 0 unspecified atom stereocenters.